The Morgan fingerprint density at radius 2 is 1.64 bits per heavy atom. The minimum absolute atomic E-state index is 0.0767. The molecule has 0 heterocycles. The number of carbonyl (C=O) groups excluding carboxylic acids is 3. The molecule has 0 atom stereocenters. The molecule has 28 heavy (non-hydrogen) atoms. The van der Waals surface area contributed by atoms with E-state index in [1.165, 1.54) is 6.92 Å². The molecule has 0 aliphatic rings. The Labute approximate surface area is 165 Å². The van der Waals surface area contributed by atoms with Crippen LogP contribution in [-0.2, 0) is 20.9 Å². The van der Waals surface area contributed by atoms with E-state index in [4.69, 9.17) is 4.74 Å². The molecule has 0 radical (unpaired) electrons. The number of nitrogens with zero attached hydrogens (tertiary/aromatic N) is 1. The molecule has 1 N–H and O–H groups in total. The number of esters is 1. The van der Waals surface area contributed by atoms with Gasteiger partial charge in [0.15, 0.2) is 0 Å². The average Bonchev–Trinajstić information content (AvgIpc) is 2.67. The van der Waals surface area contributed by atoms with Crippen molar-refractivity contribution in [3.63, 3.8) is 0 Å². The Hall–Kier alpha value is -3.15. The summed E-state index contributed by atoms with van der Waals surface area (Å²) in [4.78, 5) is 37.4. The zero-order chi connectivity index (χ0) is 20.5. The first-order valence-electron chi connectivity index (χ1n) is 9.27. The molecule has 2 aromatic rings. The average molecular weight is 382 g/mol. The van der Waals surface area contributed by atoms with Crippen molar-refractivity contribution in [3.05, 3.63) is 65.2 Å². The topological polar surface area (TPSA) is 75.7 Å². The first-order chi connectivity index (χ1) is 13.4. The quantitative estimate of drug-likeness (QED) is 0.709. The predicted molar refractivity (Wildman–Crippen MR) is 108 cm³/mol. The van der Waals surface area contributed by atoms with Crippen molar-refractivity contribution in [1.82, 2.24) is 4.90 Å². The van der Waals surface area contributed by atoms with Gasteiger partial charge in [0.05, 0.1) is 12.2 Å². The number of rotatable bonds is 8. The third-order valence-corrected chi connectivity index (χ3v) is 4.23. The second kappa shape index (κ2) is 10.3. The van der Waals surface area contributed by atoms with Crippen LogP contribution in [0.15, 0.2) is 48.5 Å². The van der Waals surface area contributed by atoms with Gasteiger partial charge in [0.2, 0.25) is 11.8 Å². The molecule has 0 fully saturated rings. The number of ether oxygens (including phenoxy) is 1. The summed E-state index contributed by atoms with van der Waals surface area (Å²) >= 11 is 0. The molecule has 0 bridgehead atoms. The molecule has 6 nitrogen and oxygen atoms in total. The largest absolute Gasteiger partial charge is 0.462 e. The van der Waals surface area contributed by atoms with Crippen LogP contribution in [0, 0.1) is 6.92 Å². The highest BCUT2D eigenvalue weighted by Crippen LogP contribution is 2.12. The van der Waals surface area contributed by atoms with Crippen LogP contribution >= 0.6 is 0 Å². The van der Waals surface area contributed by atoms with Crippen LogP contribution < -0.4 is 5.32 Å². The molecule has 148 valence electrons. The van der Waals surface area contributed by atoms with Crippen LogP contribution in [0.5, 0.6) is 0 Å². The molecule has 0 saturated heterocycles. The molecule has 0 unspecified atom stereocenters. The van der Waals surface area contributed by atoms with E-state index < -0.39 is 5.97 Å². The van der Waals surface area contributed by atoms with Crippen molar-refractivity contribution >= 4 is 23.5 Å². The highest BCUT2D eigenvalue weighted by atomic mass is 16.5. The summed E-state index contributed by atoms with van der Waals surface area (Å²) in [5.41, 5.74) is 3.20. The molecule has 0 saturated carbocycles. The van der Waals surface area contributed by atoms with E-state index >= 15 is 0 Å². The number of anilines is 1. The Morgan fingerprint density at radius 1 is 1.00 bits per heavy atom. The van der Waals surface area contributed by atoms with E-state index in [9.17, 15) is 14.4 Å². The Kier molecular flexibility index (Phi) is 7.75. The highest BCUT2D eigenvalue weighted by Gasteiger charge is 2.12. The van der Waals surface area contributed by atoms with Gasteiger partial charge >= 0.3 is 5.97 Å². The van der Waals surface area contributed by atoms with E-state index in [1.54, 1.807) is 36.1 Å². The van der Waals surface area contributed by atoms with Crippen LogP contribution in [0.2, 0.25) is 0 Å². The zero-order valence-electron chi connectivity index (χ0n) is 16.5. The lowest BCUT2D eigenvalue weighted by Gasteiger charge is -2.21. The standard InChI is InChI=1S/C22H26N2O4/c1-4-28-22(27)19-9-11-20(12-10-19)23-21(26)13-14-24(17(3)25)15-18-7-5-16(2)6-8-18/h5-12H,4,13-15H2,1-3H3,(H,23,26). The van der Waals surface area contributed by atoms with Gasteiger partial charge in [0.1, 0.15) is 0 Å². The van der Waals surface area contributed by atoms with Crippen molar-refractivity contribution in [1.29, 1.82) is 0 Å². The summed E-state index contributed by atoms with van der Waals surface area (Å²) in [7, 11) is 0. The number of aryl methyl sites for hydroxylation is 1. The van der Waals surface area contributed by atoms with Crippen molar-refractivity contribution in [2.45, 2.75) is 33.7 Å². The maximum atomic E-state index is 12.2. The summed E-state index contributed by atoms with van der Waals surface area (Å²) in [5.74, 6) is -0.667. The fourth-order valence-electron chi connectivity index (χ4n) is 2.63. The Bertz CT molecular complexity index is 813. The summed E-state index contributed by atoms with van der Waals surface area (Å²) in [6.45, 7) is 6.37. The molecular weight excluding hydrogens is 356 g/mol. The summed E-state index contributed by atoms with van der Waals surface area (Å²) < 4.78 is 4.93. The normalized spacial score (nSPS) is 10.2. The smallest absolute Gasteiger partial charge is 0.338 e. The number of nitrogens with one attached hydrogen (secondary N) is 1. The van der Waals surface area contributed by atoms with Crippen molar-refractivity contribution < 1.29 is 19.1 Å². The lowest BCUT2D eigenvalue weighted by Crippen LogP contribution is -2.31. The Morgan fingerprint density at radius 3 is 2.21 bits per heavy atom. The fourth-order valence-corrected chi connectivity index (χ4v) is 2.63. The van der Waals surface area contributed by atoms with E-state index in [0.29, 0.717) is 30.9 Å². The second-order valence-corrected chi connectivity index (χ2v) is 6.52. The molecular formula is C22H26N2O4. The van der Waals surface area contributed by atoms with Crippen LogP contribution in [0.1, 0.15) is 41.8 Å². The van der Waals surface area contributed by atoms with E-state index in [-0.39, 0.29) is 18.2 Å². The lowest BCUT2D eigenvalue weighted by atomic mass is 10.1. The number of hydrogen-bond acceptors (Lipinski definition) is 4. The predicted octanol–water partition coefficient (Wildman–Crippen LogP) is 3.55. The van der Waals surface area contributed by atoms with Gasteiger partial charge in [-0.1, -0.05) is 29.8 Å². The summed E-state index contributed by atoms with van der Waals surface area (Å²) in [6.07, 6.45) is 0.186. The van der Waals surface area contributed by atoms with Gasteiger partial charge in [-0.15, -0.1) is 0 Å². The minimum Gasteiger partial charge on any atom is -0.462 e. The molecule has 0 aromatic heterocycles. The van der Waals surface area contributed by atoms with Crippen LogP contribution in [0.3, 0.4) is 0 Å². The molecule has 2 amide bonds. The maximum Gasteiger partial charge on any atom is 0.338 e. The van der Waals surface area contributed by atoms with Gasteiger partial charge in [-0.2, -0.15) is 0 Å². The van der Waals surface area contributed by atoms with Crippen molar-refractivity contribution in [2.75, 3.05) is 18.5 Å². The van der Waals surface area contributed by atoms with Crippen molar-refractivity contribution in [3.8, 4) is 0 Å². The molecule has 6 heteroatoms. The summed E-state index contributed by atoms with van der Waals surface area (Å²) in [6, 6.07) is 14.5. The van der Waals surface area contributed by atoms with E-state index in [2.05, 4.69) is 5.32 Å². The van der Waals surface area contributed by atoms with Gasteiger partial charge in [0, 0.05) is 32.1 Å². The van der Waals surface area contributed by atoms with Gasteiger partial charge in [-0.3, -0.25) is 9.59 Å². The number of amides is 2. The first kappa shape index (κ1) is 21.2. The Balaban J connectivity index is 1.87. The summed E-state index contributed by atoms with van der Waals surface area (Å²) in [5, 5.41) is 2.78. The fraction of sp³-hybridized carbons (Fsp3) is 0.318. The number of hydrogen-bond donors (Lipinski definition) is 1. The van der Waals surface area contributed by atoms with Crippen molar-refractivity contribution in [2.24, 2.45) is 0 Å². The van der Waals surface area contributed by atoms with Crippen LogP contribution in [0.4, 0.5) is 5.69 Å². The third-order valence-electron chi connectivity index (χ3n) is 4.23. The monoisotopic (exact) mass is 382 g/mol. The van der Waals surface area contributed by atoms with Crippen LogP contribution in [-0.4, -0.2) is 35.8 Å². The molecule has 0 aliphatic carbocycles. The van der Waals surface area contributed by atoms with Crippen LogP contribution in [0.25, 0.3) is 0 Å². The maximum absolute atomic E-state index is 12.2. The van der Waals surface area contributed by atoms with Gasteiger partial charge in [-0.25, -0.2) is 4.79 Å². The molecule has 2 rings (SSSR count). The van der Waals surface area contributed by atoms with Gasteiger partial charge in [0.25, 0.3) is 0 Å². The van der Waals surface area contributed by atoms with Gasteiger partial charge < -0.3 is 15.0 Å². The molecule has 2 aromatic carbocycles. The molecule has 0 aliphatic heterocycles. The number of benzene rings is 2. The van der Waals surface area contributed by atoms with E-state index in [1.807, 2.05) is 31.2 Å². The zero-order valence-corrected chi connectivity index (χ0v) is 16.5. The third kappa shape index (κ3) is 6.54. The number of carbonyl (C=O) groups is 3. The second-order valence-electron chi connectivity index (χ2n) is 6.52. The SMILES string of the molecule is CCOC(=O)c1ccc(NC(=O)CCN(Cc2ccc(C)cc2)C(C)=O)cc1. The van der Waals surface area contributed by atoms with E-state index in [0.717, 1.165) is 11.1 Å². The minimum atomic E-state index is -0.395. The molecule has 0 spiro atoms. The highest BCUT2D eigenvalue weighted by molar-refractivity contribution is 5.93. The first-order valence-corrected chi connectivity index (χ1v) is 9.27. The lowest BCUT2D eigenvalue weighted by molar-refractivity contribution is -0.129. The van der Waals surface area contributed by atoms with Gasteiger partial charge in [-0.05, 0) is 43.7 Å².